The van der Waals surface area contributed by atoms with Crippen LogP contribution in [0.1, 0.15) is 0 Å². The molecule has 21 heavy (non-hydrogen) atoms. The molecule has 0 aliphatic carbocycles. The molecule has 2 nitrogen and oxygen atoms in total. The van der Waals surface area contributed by atoms with Crippen LogP contribution in [0.2, 0.25) is 0 Å². The van der Waals surface area contributed by atoms with E-state index in [1.54, 1.807) is 6.07 Å². The fourth-order valence-electron chi connectivity index (χ4n) is 3.09. The van der Waals surface area contributed by atoms with Crippen LogP contribution >= 0.6 is 0 Å². The van der Waals surface area contributed by atoms with Gasteiger partial charge in [-0.2, -0.15) is 0 Å². The lowest BCUT2D eigenvalue weighted by molar-refractivity contribution is 0.600. The van der Waals surface area contributed by atoms with E-state index in [0.717, 1.165) is 32.3 Å². The van der Waals surface area contributed by atoms with Gasteiger partial charge in [0.25, 0.3) is 0 Å². The molecule has 0 saturated heterocycles. The monoisotopic (exact) mass is 293 g/mol. The number of sulfone groups is 1. The van der Waals surface area contributed by atoms with Gasteiger partial charge in [0.15, 0.2) is 9.84 Å². The van der Waals surface area contributed by atoms with E-state index in [4.69, 9.17) is 0 Å². The molecule has 0 aliphatic rings. The van der Waals surface area contributed by atoms with E-state index in [0.29, 0.717) is 4.90 Å². The highest BCUT2D eigenvalue weighted by molar-refractivity contribution is 7.91. The molecule has 0 N–H and O–H groups in total. The average molecular weight is 293 g/mol. The molecule has 0 atom stereocenters. The third-order valence-electron chi connectivity index (χ3n) is 4.09. The van der Waals surface area contributed by atoms with Gasteiger partial charge in [0, 0.05) is 5.39 Å². The van der Waals surface area contributed by atoms with Gasteiger partial charge >= 0.3 is 0 Å². The Balaban J connectivity index is 2.32. The fraction of sp³-hybridized carbons (Fsp3) is 0.0556. The van der Waals surface area contributed by atoms with Crippen molar-refractivity contribution < 1.29 is 8.42 Å². The number of hydrogen-bond donors (Lipinski definition) is 0. The third-order valence-corrected chi connectivity index (χ3v) is 5.66. The van der Waals surface area contributed by atoms with Crippen LogP contribution in [0.4, 0.5) is 0 Å². The first-order valence-corrected chi connectivity index (χ1v) is 8.45. The Morgan fingerprint density at radius 1 is 0.762 bits per heavy atom. The Hall–Kier alpha value is -2.13. The number of rotatable bonds is 2. The first kappa shape index (κ1) is 12.6. The standard InChI is InChI=1S/C18H13O2S/c1-2-21(19,20)16-11-9-14-7-6-12-4-3-5-13-8-10-15(16)18(14)17(12)13/h3-11H,1-2H2. The van der Waals surface area contributed by atoms with Crippen molar-refractivity contribution in [2.24, 2.45) is 0 Å². The number of benzene rings is 4. The van der Waals surface area contributed by atoms with Gasteiger partial charge in [0.05, 0.1) is 10.6 Å². The fourth-order valence-corrected chi connectivity index (χ4v) is 4.09. The van der Waals surface area contributed by atoms with E-state index in [1.807, 2.05) is 30.3 Å². The van der Waals surface area contributed by atoms with Gasteiger partial charge in [-0.15, -0.1) is 0 Å². The third kappa shape index (κ3) is 1.67. The molecular formula is C18H13O2S. The summed E-state index contributed by atoms with van der Waals surface area (Å²) in [6.07, 6.45) is 0. The molecule has 103 valence electrons. The lowest BCUT2D eigenvalue weighted by Crippen LogP contribution is -2.04. The summed E-state index contributed by atoms with van der Waals surface area (Å²) >= 11 is 0. The van der Waals surface area contributed by atoms with Crippen molar-refractivity contribution in [3.8, 4) is 0 Å². The molecule has 4 aromatic carbocycles. The molecule has 1 radical (unpaired) electrons. The Morgan fingerprint density at radius 3 is 2.00 bits per heavy atom. The highest BCUT2D eigenvalue weighted by Crippen LogP contribution is 2.37. The molecule has 3 heteroatoms. The van der Waals surface area contributed by atoms with Gasteiger partial charge in [-0.25, -0.2) is 8.42 Å². The second kappa shape index (κ2) is 4.18. The highest BCUT2D eigenvalue weighted by Gasteiger charge is 2.18. The molecule has 0 saturated carbocycles. The van der Waals surface area contributed by atoms with Gasteiger partial charge in [-0.05, 0) is 39.9 Å². The van der Waals surface area contributed by atoms with Gasteiger partial charge < -0.3 is 0 Å². The predicted octanol–water partition coefficient (Wildman–Crippen LogP) is 4.19. The summed E-state index contributed by atoms with van der Waals surface area (Å²) in [5.41, 5.74) is 0. The van der Waals surface area contributed by atoms with Crippen LogP contribution in [0, 0.1) is 6.92 Å². The van der Waals surface area contributed by atoms with Crippen molar-refractivity contribution in [3.63, 3.8) is 0 Å². The molecule has 4 rings (SSSR count). The van der Waals surface area contributed by atoms with Crippen molar-refractivity contribution in [1.82, 2.24) is 0 Å². The molecular weight excluding hydrogens is 280 g/mol. The maximum atomic E-state index is 12.3. The van der Waals surface area contributed by atoms with E-state index in [-0.39, 0.29) is 5.75 Å². The zero-order chi connectivity index (χ0) is 14.6. The van der Waals surface area contributed by atoms with Crippen molar-refractivity contribution >= 4 is 42.2 Å². The molecule has 4 aromatic rings. The SMILES string of the molecule is [CH2]CS(=O)(=O)c1ccc2ccc3cccc4ccc1c2c34. The van der Waals surface area contributed by atoms with Crippen molar-refractivity contribution in [3.05, 3.63) is 61.5 Å². The summed E-state index contributed by atoms with van der Waals surface area (Å²) in [5, 5.41) is 6.29. The largest absolute Gasteiger partial charge is 0.224 e. The molecule has 0 aliphatic heterocycles. The minimum Gasteiger partial charge on any atom is -0.224 e. The molecule has 0 bridgehead atoms. The molecule has 0 spiro atoms. The van der Waals surface area contributed by atoms with E-state index in [2.05, 4.69) is 25.1 Å². The van der Waals surface area contributed by atoms with E-state index >= 15 is 0 Å². The second-order valence-electron chi connectivity index (χ2n) is 5.24. The van der Waals surface area contributed by atoms with Crippen LogP contribution in [0.3, 0.4) is 0 Å². The first-order valence-electron chi connectivity index (χ1n) is 6.80. The quantitative estimate of drug-likeness (QED) is 0.519. The van der Waals surface area contributed by atoms with Crippen LogP contribution in [0.25, 0.3) is 32.3 Å². The lowest BCUT2D eigenvalue weighted by Gasteiger charge is -2.13. The summed E-state index contributed by atoms with van der Waals surface area (Å²) in [6.45, 7) is 3.55. The highest BCUT2D eigenvalue weighted by atomic mass is 32.2. The predicted molar refractivity (Wildman–Crippen MR) is 87.6 cm³/mol. The molecule has 0 amide bonds. The van der Waals surface area contributed by atoms with Gasteiger partial charge in [-0.1, -0.05) is 48.5 Å². The normalized spacial score (nSPS) is 12.6. The summed E-state index contributed by atoms with van der Waals surface area (Å²) in [4.78, 5) is 0.378. The van der Waals surface area contributed by atoms with Crippen molar-refractivity contribution in [2.75, 3.05) is 5.75 Å². The van der Waals surface area contributed by atoms with Gasteiger partial charge in [0.1, 0.15) is 0 Å². The Morgan fingerprint density at radius 2 is 1.33 bits per heavy atom. The Kier molecular flexibility index (Phi) is 2.51. The van der Waals surface area contributed by atoms with Crippen molar-refractivity contribution in [1.29, 1.82) is 0 Å². The van der Waals surface area contributed by atoms with E-state index in [9.17, 15) is 8.42 Å². The van der Waals surface area contributed by atoms with Gasteiger partial charge in [-0.3, -0.25) is 0 Å². The Labute approximate surface area is 123 Å². The molecule has 0 aromatic heterocycles. The summed E-state index contributed by atoms with van der Waals surface area (Å²) < 4.78 is 24.6. The van der Waals surface area contributed by atoms with E-state index in [1.165, 1.54) is 0 Å². The Bertz CT molecular complexity index is 1060. The topological polar surface area (TPSA) is 34.1 Å². The van der Waals surface area contributed by atoms with Gasteiger partial charge in [0.2, 0.25) is 0 Å². The number of hydrogen-bond acceptors (Lipinski definition) is 2. The van der Waals surface area contributed by atoms with Crippen LogP contribution in [0.15, 0.2) is 59.5 Å². The average Bonchev–Trinajstić information content (AvgIpc) is 2.52. The van der Waals surface area contributed by atoms with Crippen LogP contribution in [-0.2, 0) is 9.84 Å². The van der Waals surface area contributed by atoms with Crippen LogP contribution < -0.4 is 0 Å². The summed E-state index contributed by atoms with van der Waals surface area (Å²) in [5.74, 6) is -0.128. The summed E-state index contributed by atoms with van der Waals surface area (Å²) in [7, 11) is -3.33. The minimum atomic E-state index is -3.33. The zero-order valence-corrected chi connectivity index (χ0v) is 12.2. The smallest absolute Gasteiger partial charge is 0.178 e. The first-order chi connectivity index (χ1) is 10.1. The molecule has 0 heterocycles. The maximum absolute atomic E-state index is 12.3. The van der Waals surface area contributed by atoms with Crippen LogP contribution in [-0.4, -0.2) is 14.2 Å². The van der Waals surface area contributed by atoms with E-state index < -0.39 is 9.84 Å². The maximum Gasteiger partial charge on any atom is 0.178 e. The van der Waals surface area contributed by atoms with Crippen molar-refractivity contribution in [2.45, 2.75) is 4.90 Å². The molecule has 0 unspecified atom stereocenters. The van der Waals surface area contributed by atoms with Crippen LogP contribution in [0.5, 0.6) is 0 Å². The summed E-state index contributed by atoms with van der Waals surface area (Å²) in [6, 6.07) is 17.8. The second-order valence-corrected chi connectivity index (χ2v) is 7.32. The minimum absolute atomic E-state index is 0.128. The molecule has 0 fully saturated rings. The zero-order valence-electron chi connectivity index (χ0n) is 11.3. The lowest BCUT2D eigenvalue weighted by atomic mass is 9.94.